The predicted molar refractivity (Wildman–Crippen MR) is 80.8 cm³/mol. The van der Waals surface area contributed by atoms with Gasteiger partial charge in [0.2, 0.25) is 0 Å². The highest BCUT2D eigenvalue weighted by Crippen LogP contribution is 2.35. The first kappa shape index (κ1) is 16.0. The average molecular weight is 313 g/mol. The van der Waals surface area contributed by atoms with Gasteiger partial charge in [0.05, 0.1) is 11.6 Å². The zero-order valence-electron chi connectivity index (χ0n) is 12.2. The monoisotopic (exact) mass is 313 g/mol. The molecule has 1 aromatic heterocycles. The van der Waals surface area contributed by atoms with Gasteiger partial charge in [-0.25, -0.2) is 0 Å². The van der Waals surface area contributed by atoms with Gasteiger partial charge in [-0.2, -0.15) is 13.2 Å². The fourth-order valence-corrected chi connectivity index (χ4v) is 3.42. The number of thiophene rings is 1. The molecule has 1 atom stereocenters. The molecule has 21 heavy (non-hydrogen) atoms. The lowest BCUT2D eigenvalue weighted by atomic mass is 9.96. The van der Waals surface area contributed by atoms with E-state index in [1.807, 2.05) is 25.3 Å². The van der Waals surface area contributed by atoms with Gasteiger partial charge in [0, 0.05) is 4.88 Å². The van der Waals surface area contributed by atoms with Gasteiger partial charge in [-0.3, -0.25) is 0 Å². The highest BCUT2D eigenvalue weighted by Gasteiger charge is 2.31. The molecule has 0 aliphatic heterocycles. The van der Waals surface area contributed by atoms with Gasteiger partial charge in [0.1, 0.15) is 0 Å². The lowest BCUT2D eigenvalue weighted by Crippen LogP contribution is -2.23. The van der Waals surface area contributed by atoms with E-state index < -0.39 is 11.7 Å². The Hall–Kier alpha value is -1.33. The maximum absolute atomic E-state index is 12.8. The van der Waals surface area contributed by atoms with Crippen molar-refractivity contribution in [3.63, 3.8) is 0 Å². The van der Waals surface area contributed by atoms with Crippen LogP contribution in [0, 0.1) is 13.8 Å². The van der Waals surface area contributed by atoms with Crippen LogP contribution in [-0.2, 0) is 6.18 Å². The molecule has 0 spiro atoms. The van der Waals surface area contributed by atoms with E-state index in [9.17, 15) is 13.2 Å². The molecule has 0 aliphatic carbocycles. The normalized spacial score (nSPS) is 13.4. The smallest absolute Gasteiger partial charge is 0.306 e. The number of benzene rings is 1. The minimum atomic E-state index is -4.30. The molecule has 5 heteroatoms. The maximum atomic E-state index is 12.8. The van der Waals surface area contributed by atoms with Crippen LogP contribution in [0.5, 0.6) is 0 Å². The Morgan fingerprint density at radius 3 is 2.33 bits per heavy atom. The molecule has 0 bridgehead atoms. The van der Waals surface area contributed by atoms with E-state index in [4.69, 9.17) is 0 Å². The van der Waals surface area contributed by atoms with Crippen molar-refractivity contribution in [1.82, 2.24) is 5.32 Å². The van der Waals surface area contributed by atoms with Crippen LogP contribution < -0.4 is 5.32 Å². The van der Waals surface area contributed by atoms with Gasteiger partial charge >= 0.3 is 6.18 Å². The Balaban J connectivity index is 2.45. The lowest BCUT2D eigenvalue weighted by Gasteiger charge is -2.21. The van der Waals surface area contributed by atoms with Crippen molar-refractivity contribution in [2.45, 2.75) is 33.0 Å². The predicted octanol–water partition coefficient (Wildman–Crippen LogP) is 5.08. The van der Waals surface area contributed by atoms with Gasteiger partial charge in [0.15, 0.2) is 0 Å². The maximum Gasteiger partial charge on any atom is 0.416 e. The summed E-state index contributed by atoms with van der Waals surface area (Å²) in [4.78, 5) is 1.15. The van der Waals surface area contributed by atoms with Crippen molar-refractivity contribution >= 4 is 11.3 Å². The standard InChI is InChI=1S/C16H18F3NS/c1-4-20-14(15-10(2)7-8-21-15)13-6-5-12(9-11(13)3)16(17,18)19/h5-9,14,20H,4H2,1-3H3. The minimum Gasteiger partial charge on any atom is -0.306 e. The van der Waals surface area contributed by atoms with Crippen molar-refractivity contribution < 1.29 is 13.2 Å². The number of nitrogens with one attached hydrogen (secondary N) is 1. The van der Waals surface area contributed by atoms with Crippen LogP contribution in [0.4, 0.5) is 13.2 Å². The molecule has 1 aromatic carbocycles. The molecule has 2 rings (SSSR count). The zero-order valence-corrected chi connectivity index (χ0v) is 13.0. The third-order valence-corrected chi connectivity index (χ3v) is 4.56. The highest BCUT2D eigenvalue weighted by atomic mass is 32.1. The van der Waals surface area contributed by atoms with E-state index in [1.54, 1.807) is 24.3 Å². The molecule has 1 unspecified atom stereocenters. The van der Waals surface area contributed by atoms with E-state index in [2.05, 4.69) is 5.32 Å². The molecule has 0 amide bonds. The number of halogens is 3. The lowest BCUT2D eigenvalue weighted by molar-refractivity contribution is -0.137. The van der Waals surface area contributed by atoms with Crippen LogP contribution in [0.3, 0.4) is 0 Å². The molecule has 114 valence electrons. The van der Waals surface area contributed by atoms with E-state index in [1.165, 1.54) is 6.07 Å². The summed E-state index contributed by atoms with van der Waals surface area (Å²) in [6.07, 6.45) is -4.30. The number of rotatable bonds is 4. The summed E-state index contributed by atoms with van der Waals surface area (Å²) in [6, 6.07) is 5.95. The minimum absolute atomic E-state index is 0.0581. The topological polar surface area (TPSA) is 12.0 Å². The quantitative estimate of drug-likeness (QED) is 0.829. The number of alkyl halides is 3. The molecular formula is C16H18F3NS. The van der Waals surface area contributed by atoms with Crippen molar-refractivity contribution in [3.8, 4) is 0 Å². The van der Waals surface area contributed by atoms with Crippen molar-refractivity contribution in [3.05, 3.63) is 56.8 Å². The van der Waals surface area contributed by atoms with Crippen LogP contribution in [0.15, 0.2) is 29.6 Å². The fraction of sp³-hybridized carbons (Fsp3) is 0.375. The summed E-state index contributed by atoms with van der Waals surface area (Å²) < 4.78 is 38.3. The molecule has 0 radical (unpaired) electrons. The van der Waals surface area contributed by atoms with Gasteiger partial charge < -0.3 is 5.32 Å². The van der Waals surface area contributed by atoms with E-state index in [0.717, 1.165) is 28.6 Å². The molecule has 2 aromatic rings. The van der Waals surface area contributed by atoms with Gasteiger partial charge in [-0.05, 0) is 60.7 Å². The summed E-state index contributed by atoms with van der Waals surface area (Å²) in [5.41, 5.74) is 2.12. The molecule has 1 heterocycles. The second-order valence-electron chi connectivity index (χ2n) is 5.03. The summed E-state index contributed by atoms with van der Waals surface area (Å²) in [5, 5.41) is 5.38. The summed E-state index contributed by atoms with van der Waals surface area (Å²) in [7, 11) is 0. The largest absolute Gasteiger partial charge is 0.416 e. The van der Waals surface area contributed by atoms with Gasteiger partial charge in [0.25, 0.3) is 0 Å². The van der Waals surface area contributed by atoms with Crippen molar-refractivity contribution in [2.75, 3.05) is 6.54 Å². The highest BCUT2D eigenvalue weighted by molar-refractivity contribution is 7.10. The summed E-state index contributed by atoms with van der Waals surface area (Å²) >= 11 is 1.63. The van der Waals surface area contributed by atoms with E-state index in [-0.39, 0.29) is 6.04 Å². The Kier molecular flexibility index (Phi) is 4.74. The van der Waals surface area contributed by atoms with Crippen LogP contribution >= 0.6 is 11.3 Å². The second-order valence-corrected chi connectivity index (χ2v) is 5.98. The van der Waals surface area contributed by atoms with Crippen LogP contribution in [0.2, 0.25) is 0 Å². The molecule has 0 saturated heterocycles. The van der Waals surface area contributed by atoms with E-state index >= 15 is 0 Å². The summed E-state index contributed by atoms with van der Waals surface area (Å²) in [6.45, 7) is 6.51. The van der Waals surface area contributed by atoms with Crippen molar-refractivity contribution in [1.29, 1.82) is 0 Å². The Bertz CT molecular complexity index is 616. The second kappa shape index (κ2) is 6.20. The van der Waals surface area contributed by atoms with Crippen molar-refractivity contribution in [2.24, 2.45) is 0 Å². The molecule has 0 aliphatic rings. The van der Waals surface area contributed by atoms with E-state index in [0.29, 0.717) is 5.56 Å². The molecule has 1 N–H and O–H groups in total. The van der Waals surface area contributed by atoms with Crippen LogP contribution in [-0.4, -0.2) is 6.54 Å². The average Bonchev–Trinajstić information content (AvgIpc) is 2.81. The first-order valence-electron chi connectivity index (χ1n) is 6.79. The van der Waals surface area contributed by atoms with Gasteiger partial charge in [-0.15, -0.1) is 11.3 Å². The Labute approximate surface area is 126 Å². The molecular weight excluding hydrogens is 295 g/mol. The Morgan fingerprint density at radius 1 is 1.14 bits per heavy atom. The third-order valence-electron chi connectivity index (χ3n) is 3.48. The molecule has 0 saturated carbocycles. The first-order chi connectivity index (χ1) is 9.84. The molecule has 1 nitrogen and oxygen atoms in total. The fourth-order valence-electron chi connectivity index (χ4n) is 2.40. The third kappa shape index (κ3) is 3.47. The molecule has 0 fully saturated rings. The zero-order chi connectivity index (χ0) is 15.6. The SMILES string of the molecule is CCNC(c1ccc(C(F)(F)F)cc1C)c1sccc1C. The van der Waals surface area contributed by atoms with Gasteiger partial charge in [-0.1, -0.05) is 13.0 Å². The number of aryl methyl sites for hydroxylation is 2. The number of hydrogen-bond acceptors (Lipinski definition) is 2. The summed E-state index contributed by atoms with van der Waals surface area (Å²) in [5.74, 6) is 0. The number of hydrogen-bond donors (Lipinski definition) is 1. The van der Waals surface area contributed by atoms with Crippen LogP contribution in [0.1, 0.15) is 40.1 Å². The first-order valence-corrected chi connectivity index (χ1v) is 7.67. The Morgan fingerprint density at radius 2 is 1.86 bits per heavy atom. The van der Waals surface area contributed by atoms with Crippen LogP contribution in [0.25, 0.3) is 0 Å².